The third-order valence-electron chi connectivity index (χ3n) is 1.96. The Balaban J connectivity index is 2.82. The SMILES string of the molecule is COc1ccc([N+](=O)[O-])cc1COCC(=O)O. The Bertz CT molecular complexity index is 431. The second kappa shape index (κ2) is 5.80. The minimum atomic E-state index is -1.10. The number of nitrogens with zero attached hydrogens (tertiary/aromatic N) is 1. The molecule has 0 saturated heterocycles. The second-order valence-electron chi connectivity index (χ2n) is 3.14. The number of carboxylic acid groups (broad SMARTS) is 1. The Labute approximate surface area is 96.7 Å². The van der Waals surface area contributed by atoms with Crippen molar-refractivity contribution in [1.82, 2.24) is 0 Å². The molecule has 0 atom stereocenters. The second-order valence-corrected chi connectivity index (χ2v) is 3.14. The van der Waals surface area contributed by atoms with E-state index in [0.29, 0.717) is 11.3 Å². The Morgan fingerprint density at radius 2 is 2.24 bits per heavy atom. The molecule has 0 aliphatic rings. The van der Waals surface area contributed by atoms with E-state index in [4.69, 9.17) is 14.6 Å². The summed E-state index contributed by atoms with van der Waals surface area (Å²) in [5.41, 5.74) is 0.336. The van der Waals surface area contributed by atoms with Crippen LogP contribution >= 0.6 is 0 Å². The normalized spacial score (nSPS) is 9.94. The van der Waals surface area contributed by atoms with E-state index < -0.39 is 17.5 Å². The maximum atomic E-state index is 10.6. The van der Waals surface area contributed by atoms with Crippen LogP contribution in [0.5, 0.6) is 5.75 Å². The molecule has 1 rings (SSSR count). The van der Waals surface area contributed by atoms with Crippen molar-refractivity contribution < 1.29 is 24.3 Å². The van der Waals surface area contributed by atoms with Gasteiger partial charge >= 0.3 is 5.97 Å². The molecule has 1 aromatic carbocycles. The number of carbonyl (C=O) groups is 1. The van der Waals surface area contributed by atoms with E-state index >= 15 is 0 Å². The van der Waals surface area contributed by atoms with Crippen LogP contribution in [0.4, 0.5) is 5.69 Å². The zero-order valence-electron chi connectivity index (χ0n) is 9.08. The van der Waals surface area contributed by atoms with Crippen molar-refractivity contribution in [3.8, 4) is 5.75 Å². The van der Waals surface area contributed by atoms with Gasteiger partial charge in [-0.3, -0.25) is 10.1 Å². The van der Waals surface area contributed by atoms with Crippen molar-refractivity contribution in [3.05, 3.63) is 33.9 Å². The van der Waals surface area contributed by atoms with Gasteiger partial charge in [0.05, 0.1) is 18.6 Å². The number of hydrogen-bond donors (Lipinski definition) is 1. The predicted molar refractivity (Wildman–Crippen MR) is 56.9 cm³/mol. The van der Waals surface area contributed by atoms with Crippen LogP contribution in [0.1, 0.15) is 5.56 Å². The summed E-state index contributed by atoms with van der Waals surface area (Å²) in [7, 11) is 1.42. The van der Waals surface area contributed by atoms with Gasteiger partial charge in [-0.2, -0.15) is 0 Å². The van der Waals surface area contributed by atoms with Gasteiger partial charge in [-0.15, -0.1) is 0 Å². The third-order valence-corrected chi connectivity index (χ3v) is 1.96. The number of carboxylic acids is 1. The minimum absolute atomic E-state index is 0.0584. The van der Waals surface area contributed by atoms with E-state index in [0.717, 1.165) is 0 Å². The molecule has 1 aromatic rings. The molecular formula is C10H11NO6. The zero-order valence-corrected chi connectivity index (χ0v) is 9.08. The van der Waals surface area contributed by atoms with Gasteiger partial charge < -0.3 is 14.6 Å². The first kappa shape index (κ1) is 12.9. The van der Waals surface area contributed by atoms with Crippen molar-refractivity contribution in [2.24, 2.45) is 0 Å². The fourth-order valence-electron chi connectivity index (χ4n) is 1.24. The number of nitro benzene ring substituents is 1. The fraction of sp³-hybridized carbons (Fsp3) is 0.300. The summed E-state index contributed by atoms with van der Waals surface area (Å²) in [6, 6.07) is 4.04. The van der Waals surface area contributed by atoms with E-state index in [1.54, 1.807) is 0 Å². The predicted octanol–water partition coefficient (Wildman–Crippen LogP) is 1.20. The van der Waals surface area contributed by atoms with Crippen molar-refractivity contribution in [3.63, 3.8) is 0 Å². The lowest BCUT2D eigenvalue weighted by Gasteiger charge is -2.07. The summed E-state index contributed by atoms with van der Waals surface area (Å²) < 4.78 is 9.84. The van der Waals surface area contributed by atoms with Gasteiger partial charge in [0.25, 0.3) is 5.69 Å². The van der Waals surface area contributed by atoms with E-state index in [2.05, 4.69) is 0 Å². The lowest BCUT2D eigenvalue weighted by Crippen LogP contribution is -2.07. The molecular weight excluding hydrogens is 230 g/mol. The summed E-state index contributed by atoms with van der Waals surface area (Å²) in [5.74, 6) is -0.685. The third kappa shape index (κ3) is 3.72. The van der Waals surface area contributed by atoms with Crippen LogP contribution in [0.25, 0.3) is 0 Å². The van der Waals surface area contributed by atoms with Crippen molar-refractivity contribution in [2.75, 3.05) is 13.7 Å². The summed E-state index contributed by atoms with van der Waals surface area (Å²) in [6.07, 6.45) is 0. The van der Waals surface area contributed by atoms with Gasteiger partial charge in [0.2, 0.25) is 0 Å². The summed E-state index contributed by atoms with van der Waals surface area (Å²) in [6.45, 7) is -0.525. The van der Waals surface area contributed by atoms with Crippen LogP contribution in [0.2, 0.25) is 0 Å². The highest BCUT2D eigenvalue weighted by Crippen LogP contribution is 2.24. The molecule has 17 heavy (non-hydrogen) atoms. The summed E-state index contributed by atoms with van der Waals surface area (Å²) in [5, 5.41) is 19.0. The topological polar surface area (TPSA) is 98.9 Å². The molecule has 0 aliphatic heterocycles. The highest BCUT2D eigenvalue weighted by Gasteiger charge is 2.11. The standard InChI is InChI=1S/C10H11NO6/c1-16-9-3-2-8(11(14)15)4-7(9)5-17-6-10(12)13/h2-4H,5-6H2,1H3,(H,12,13). The Morgan fingerprint density at radius 3 is 2.76 bits per heavy atom. The van der Waals surface area contributed by atoms with Crippen LogP contribution in [0.3, 0.4) is 0 Å². The first-order valence-corrected chi connectivity index (χ1v) is 4.65. The molecule has 1 N–H and O–H groups in total. The number of non-ortho nitro benzene ring substituents is 1. The lowest BCUT2D eigenvalue weighted by molar-refractivity contribution is -0.385. The van der Waals surface area contributed by atoms with Gasteiger partial charge in [-0.25, -0.2) is 4.79 Å². The molecule has 92 valence electrons. The zero-order chi connectivity index (χ0) is 12.8. The Hall–Kier alpha value is -2.15. The van der Waals surface area contributed by atoms with E-state index in [1.165, 1.54) is 25.3 Å². The fourth-order valence-corrected chi connectivity index (χ4v) is 1.24. The van der Waals surface area contributed by atoms with Gasteiger partial charge in [0.15, 0.2) is 0 Å². The molecule has 7 nitrogen and oxygen atoms in total. The Kier molecular flexibility index (Phi) is 4.41. The van der Waals surface area contributed by atoms with Crippen molar-refractivity contribution >= 4 is 11.7 Å². The monoisotopic (exact) mass is 241 g/mol. The van der Waals surface area contributed by atoms with Crippen molar-refractivity contribution in [1.29, 1.82) is 0 Å². The number of rotatable bonds is 6. The molecule has 0 fully saturated rings. The average Bonchev–Trinajstić information content (AvgIpc) is 2.28. The van der Waals surface area contributed by atoms with E-state index in [1.807, 2.05) is 0 Å². The van der Waals surface area contributed by atoms with Crippen LogP contribution in [0.15, 0.2) is 18.2 Å². The molecule has 7 heteroatoms. The number of methoxy groups -OCH3 is 1. The maximum Gasteiger partial charge on any atom is 0.329 e. The van der Waals surface area contributed by atoms with Crippen molar-refractivity contribution in [2.45, 2.75) is 6.61 Å². The highest BCUT2D eigenvalue weighted by molar-refractivity contribution is 5.68. The largest absolute Gasteiger partial charge is 0.496 e. The van der Waals surface area contributed by atoms with Crippen LogP contribution in [-0.4, -0.2) is 29.7 Å². The highest BCUT2D eigenvalue weighted by atomic mass is 16.6. The van der Waals surface area contributed by atoms with Gasteiger partial charge in [-0.1, -0.05) is 0 Å². The first-order chi connectivity index (χ1) is 8.04. The van der Waals surface area contributed by atoms with E-state index in [9.17, 15) is 14.9 Å². The van der Waals surface area contributed by atoms with Crippen LogP contribution in [0, 0.1) is 10.1 Å². The summed E-state index contributed by atoms with van der Waals surface area (Å²) >= 11 is 0. The van der Waals surface area contributed by atoms with E-state index in [-0.39, 0.29) is 12.3 Å². The number of ether oxygens (including phenoxy) is 2. The molecule has 0 spiro atoms. The molecule has 0 saturated carbocycles. The summed E-state index contributed by atoms with van der Waals surface area (Å²) in [4.78, 5) is 20.3. The van der Waals surface area contributed by atoms with Crippen LogP contribution < -0.4 is 4.74 Å². The number of nitro groups is 1. The van der Waals surface area contributed by atoms with Gasteiger partial charge in [-0.05, 0) is 6.07 Å². The number of hydrogen-bond acceptors (Lipinski definition) is 5. The molecule has 0 amide bonds. The van der Waals surface area contributed by atoms with Gasteiger partial charge in [0, 0.05) is 17.7 Å². The lowest BCUT2D eigenvalue weighted by atomic mass is 10.2. The minimum Gasteiger partial charge on any atom is -0.496 e. The molecule has 0 heterocycles. The molecule has 0 bridgehead atoms. The average molecular weight is 241 g/mol. The van der Waals surface area contributed by atoms with Crippen LogP contribution in [-0.2, 0) is 16.1 Å². The van der Waals surface area contributed by atoms with Gasteiger partial charge in [0.1, 0.15) is 12.4 Å². The first-order valence-electron chi connectivity index (χ1n) is 4.65. The number of benzene rings is 1. The quantitative estimate of drug-likeness (QED) is 0.593. The molecule has 0 aromatic heterocycles. The smallest absolute Gasteiger partial charge is 0.329 e. The molecule has 0 aliphatic carbocycles. The molecule has 0 unspecified atom stereocenters. The maximum absolute atomic E-state index is 10.6. The Morgan fingerprint density at radius 1 is 1.53 bits per heavy atom. The number of aliphatic carboxylic acids is 1. The molecule has 0 radical (unpaired) electrons.